The second kappa shape index (κ2) is 5.25. The first-order chi connectivity index (χ1) is 10.5. The van der Waals surface area contributed by atoms with Crippen molar-refractivity contribution in [2.75, 3.05) is 0 Å². The number of para-hydroxylation sites is 1. The Bertz CT molecular complexity index is 847. The minimum Gasteiger partial charge on any atom is -0.450 e. The Morgan fingerprint density at radius 1 is 0.727 bits per heavy atom. The summed E-state index contributed by atoms with van der Waals surface area (Å²) in [6.07, 6.45) is 1.30. The molecule has 3 rings (SSSR count). The number of hydrogen-bond acceptors (Lipinski definition) is 2. The van der Waals surface area contributed by atoms with Crippen molar-refractivity contribution in [3.8, 4) is 11.5 Å². The SMILES string of the molecule is Fc1c(F)c(F)c(Oc2ccnc3ccccc23)c(F)c1F. The van der Waals surface area contributed by atoms with E-state index in [1.54, 1.807) is 24.3 Å². The minimum atomic E-state index is -2.23. The Morgan fingerprint density at radius 3 is 2.00 bits per heavy atom. The summed E-state index contributed by atoms with van der Waals surface area (Å²) >= 11 is 0. The second-order valence-corrected chi connectivity index (χ2v) is 4.33. The molecule has 0 amide bonds. The highest BCUT2D eigenvalue weighted by Crippen LogP contribution is 2.35. The number of nitrogens with zero attached hydrogens (tertiary/aromatic N) is 1. The fourth-order valence-electron chi connectivity index (χ4n) is 1.94. The van der Waals surface area contributed by atoms with Crippen LogP contribution >= 0.6 is 0 Å². The molecule has 22 heavy (non-hydrogen) atoms. The van der Waals surface area contributed by atoms with Crippen molar-refractivity contribution >= 4 is 10.9 Å². The number of pyridine rings is 1. The summed E-state index contributed by atoms with van der Waals surface area (Å²) in [4.78, 5) is 4.00. The van der Waals surface area contributed by atoms with E-state index in [4.69, 9.17) is 4.74 Å². The van der Waals surface area contributed by atoms with Crippen molar-refractivity contribution in [2.45, 2.75) is 0 Å². The molecule has 112 valence electrons. The van der Waals surface area contributed by atoms with E-state index >= 15 is 0 Å². The van der Waals surface area contributed by atoms with E-state index in [-0.39, 0.29) is 5.75 Å². The molecule has 1 aromatic heterocycles. The van der Waals surface area contributed by atoms with E-state index in [1.807, 2.05) is 0 Å². The topological polar surface area (TPSA) is 22.1 Å². The molecule has 0 unspecified atom stereocenters. The van der Waals surface area contributed by atoms with E-state index in [0.29, 0.717) is 10.9 Å². The third-order valence-electron chi connectivity index (χ3n) is 2.99. The van der Waals surface area contributed by atoms with Gasteiger partial charge in [0.2, 0.25) is 34.8 Å². The summed E-state index contributed by atoms with van der Waals surface area (Å²) in [6.45, 7) is 0. The van der Waals surface area contributed by atoms with Crippen molar-refractivity contribution in [1.82, 2.24) is 4.98 Å². The summed E-state index contributed by atoms with van der Waals surface area (Å²) in [6, 6.07) is 7.72. The molecule has 0 atom stereocenters. The number of benzene rings is 2. The van der Waals surface area contributed by atoms with Crippen LogP contribution in [0.1, 0.15) is 0 Å². The summed E-state index contributed by atoms with van der Waals surface area (Å²) in [7, 11) is 0. The summed E-state index contributed by atoms with van der Waals surface area (Å²) in [5, 5.41) is 0.369. The summed E-state index contributed by atoms with van der Waals surface area (Å²) in [5.74, 6) is -11.8. The van der Waals surface area contributed by atoms with E-state index in [0.717, 1.165) is 0 Å². The second-order valence-electron chi connectivity index (χ2n) is 4.33. The lowest BCUT2D eigenvalue weighted by Crippen LogP contribution is -2.04. The first-order valence-corrected chi connectivity index (χ1v) is 6.03. The van der Waals surface area contributed by atoms with Gasteiger partial charge in [0.25, 0.3) is 0 Å². The third-order valence-corrected chi connectivity index (χ3v) is 2.99. The van der Waals surface area contributed by atoms with Gasteiger partial charge in [-0.3, -0.25) is 4.98 Å². The first kappa shape index (κ1) is 14.2. The van der Waals surface area contributed by atoms with Crippen LogP contribution in [0.4, 0.5) is 22.0 Å². The van der Waals surface area contributed by atoms with Gasteiger partial charge in [-0.1, -0.05) is 12.1 Å². The zero-order valence-corrected chi connectivity index (χ0v) is 10.7. The van der Waals surface area contributed by atoms with Crippen LogP contribution in [0.2, 0.25) is 0 Å². The van der Waals surface area contributed by atoms with E-state index in [2.05, 4.69) is 4.98 Å². The lowest BCUT2D eigenvalue weighted by Gasteiger charge is -2.11. The summed E-state index contributed by atoms with van der Waals surface area (Å²) < 4.78 is 71.5. The Labute approximate surface area is 120 Å². The maximum Gasteiger partial charge on any atom is 0.207 e. The quantitative estimate of drug-likeness (QED) is 0.388. The van der Waals surface area contributed by atoms with Crippen LogP contribution in [0.5, 0.6) is 11.5 Å². The van der Waals surface area contributed by atoms with Crippen LogP contribution in [0.25, 0.3) is 10.9 Å². The van der Waals surface area contributed by atoms with Gasteiger partial charge in [-0.25, -0.2) is 13.2 Å². The third kappa shape index (κ3) is 2.14. The molecule has 3 aromatic rings. The molecule has 0 radical (unpaired) electrons. The lowest BCUT2D eigenvalue weighted by atomic mass is 10.2. The normalized spacial score (nSPS) is 11.0. The number of hydrogen-bond donors (Lipinski definition) is 0. The number of aromatic nitrogens is 1. The zero-order chi connectivity index (χ0) is 15.9. The van der Waals surface area contributed by atoms with Gasteiger partial charge in [0.1, 0.15) is 5.75 Å². The Morgan fingerprint density at radius 2 is 1.32 bits per heavy atom. The van der Waals surface area contributed by atoms with Gasteiger partial charge in [-0.05, 0) is 18.2 Å². The van der Waals surface area contributed by atoms with E-state index in [1.165, 1.54) is 12.3 Å². The molecule has 0 saturated heterocycles. The molecule has 0 fully saturated rings. The number of ether oxygens (including phenoxy) is 1. The zero-order valence-electron chi connectivity index (χ0n) is 10.7. The Hall–Kier alpha value is -2.70. The van der Waals surface area contributed by atoms with Crippen LogP contribution in [-0.2, 0) is 0 Å². The molecule has 7 heteroatoms. The largest absolute Gasteiger partial charge is 0.450 e. The van der Waals surface area contributed by atoms with Crippen molar-refractivity contribution in [3.63, 3.8) is 0 Å². The molecule has 0 aliphatic rings. The highest BCUT2D eigenvalue weighted by molar-refractivity contribution is 5.84. The van der Waals surface area contributed by atoms with Crippen LogP contribution in [-0.4, -0.2) is 4.98 Å². The fraction of sp³-hybridized carbons (Fsp3) is 0. The molecule has 2 aromatic carbocycles. The number of halogens is 5. The molecule has 0 aliphatic carbocycles. The van der Waals surface area contributed by atoms with Gasteiger partial charge in [0.15, 0.2) is 0 Å². The predicted molar refractivity (Wildman–Crippen MR) is 68.0 cm³/mol. The average molecular weight is 311 g/mol. The van der Waals surface area contributed by atoms with Crippen molar-refractivity contribution in [2.24, 2.45) is 0 Å². The summed E-state index contributed by atoms with van der Waals surface area (Å²) in [5.41, 5.74) is 0.448. The van der Waals surface area contributed by atoms with Gasteiger partial charge in [0.05, 0.1) is 5.52 Å². The van der Waals surface area contributed by atoms with Gasteiger partial charge >= 0.3 is 0 Å². The highest BCUT2D eigenvalue weighted by Gasteiger charge is 2.27. The monoisotopic (exact) mass is 311 g/mol. The smallest absolute Gasteiger partial charge is 0.207 e. The van der Waals surface area contributed by atoms with Crippen molar-refractivity contribution < 1.29 is 26.7 Å². The first-order valence-electron chi connectivity index (χ1n) is 6.03. The van der Waals surface area contributed by atoms with Gasteiger partial charge in [-0.2, -0.15) is 8.78 Å². The van der Waals surface area contributed by atoms with E-state index in [9.17, 15) is 22.0 Å². The maximum atomic E-state index is 13.6. The van der Waals surface area contributed by atoms with Crippen LogP contribution in [0.3, 0.4) is 0 Å². The maximum absolute atomic E-state index is 13.6. The predicted octanol–water partition coefficient (Wildman–Crippen LogP) is 4.72. The van der Waals surface area contributed by atoms with Gasteiger partial charge < -0.3 is 4.74 Å². The highest BCUT2D eigenvalue weighted by atomic mass is 19.2. The van der Waals surface area contributed by atoms with Crippen molar-refractivity contribution in [1.29, 1.82) is 0 Å². The molecular formula is C15H6F5NO. The molecule has 2 nitrogen and oxygen atoms in total. The minimum absolute atomic E-state index is 0.0752. The molecule has 0 aliphatic heterocycles. The molecule has 0 spiro atoms. The number of rotatable bonds is 2. The average Bonchev–Trinajstić information content (AvgIpc) is 2.55. The van der Waals surface area contributed by atoms with Crippen LogP contribution in [0, 0.1) is 29.1 Å². The molecule has 0 saturated carbocycles. The standard InChI is InChI=1S/C15H6F5NO/c16-10-11(17)13(19)15(14(20)12(10)18)22-9-5-6-21-8-4-2-1-3-7(8)9/h1-6H. The Balaban J connectivity index is 2.18. The fourth-order valence-corrected chi connectivity index (χ4v) is 1.94. The van der Waals surface area contributed by atoms with Crippen LogP contribution in [0.15, 0.2) is 36.5 Å². The van der Waals surface area contributed by atoms with E-state index < -0.39 is 34.8 Å². The van der Waals surface area contributed by atoms with Crippen LogP contribution < -0.4 is 4.74 Å². The van der Waals surface area contributed by atoms with Crippen molar-refractivity contribution in [3.05, 3.63) is 65.6 Å². The lowest BCUT2D eigenvalue weighted by molar-refractivity contribution is 0.333. The molecule has 1 heterocycles. The molecule has 0 N–H and O–H groups in total. The Kier molecular flexibility index (Phi) is 3.40. The van der Waals surface area contributed by atoms with Gasteiger partial charge in [-0.15, -0.1) is 0 Å². The molecule has 0 bridgehead atoms. The van der Waals surface area contributed by atoms with Gasteiger partial charge in [0, 0.05) is 11.6 Å². The molecular weight excluding hydrogens is 305 g/mol. The number of fused-ring (bicyclic) bond motifs is 1.